The highest BCUT2D eigenvalue weighted by molar-refractivity contribution is 6.15. The number of nitrogens with zero attached hydrogens (tertiary/aromatic N) is 5. The molecule has 1 aliphatic rings. The molecule has 0 saturated carbocycles. The van der Waals surface area contributed by atoms with Gasteiger partial charge in [-0.2, -0.15) is 4.68 Å². The van der Waals surface area contributed by atoms with Crippen LogP contribution < -0.4 is 4.74 Å². The standard InChI is InChI=1S/C20H17N5O6/c1-13-21-22-23-24(13)18(7-14-5-3-2-4-6-14)20(26)30-11-16-9-17(25(27)28)8-15-10-29-12-31-19(15)16/h2-9H,10-12H2,1H3/b18-7+. The van der Waals surface area contributed by atoms with Crippen LogP contribution in [0.2, 0.25) is 0 Å². The minimum atomic E-state index is -0.702. The van der Waals surface area contributed by atoms with Gasteiger partial charge in [0.1, 0.15) is 12.4 Å². The van der Waals surface area contributed by atoms with Crippen molar-refractivity contribution in [1.29, 1.82) is 0 Å². The lowest BCUT2D eigenvalue weighted by Crippen LogP contribution is -2.17. The van der Waals surface area contributed by atoms with Crippen LogP contribution in [0.25, 0.3) is 11.8 Å². The summed E-state index contributed by atoms with van der Waals surface area (Å²) in [7, 11) is 0. The number of tetrazole rings is 1. The number of hydrogen-bond acceptors (Lipinski definition) is 9. The Morgan fingerprint density at radius 1 is 1.32 bits per heavy atom. The summed E-state index contributed by atoms with van der Waals surface area (Å²) in [6.45, 7) is 1.59. The van der Waals surface area contributed by atoms with Crippen molar-refractivity contribution in [3.8, 4) is 5.75 Å². The van der Waals surface area contributed by atoms with Gasteiger partial charge in [0.15, 0.2) is 18.3 Å². The SMILES string of the molecule is Cc1nnnn1/C(=C/c1ccccc1)C(=O)OCc1cc([N+](=O)[O-])cc2c1OCOC2. The quantitative estimate of drug-likeness (QED) is 0.254. The summed E-state index contributed by atoms with van der Waals surface area (Å²) in [4.78, 5) is 23.7. The van der Waals surface area contributed by atoms with Crippen molar-refractivity contribution in [3.63, 3.8) is 0 Å². The number of aromatic nitrogens is 4. The average molecular weight is 423 g/mol. The Labute approximate surface area is 176 Å². The lowest BCUT2D eigenvalue weighted by atomic mass is 10.1. The fourth-order valence-corrected chi connectivity index (χ4v) is 3.08. The first-order chi connectivity index (χ1) is 15.0. The fourth-order valence-electron chi connectivity index (χ4n) is 3.08. The smallest absolute Gasteiger partial charge is 0.357 e. The van der Waals surface area contributed by atoms with Gasteiger partial charge in [0.2, 0.25) is 0 Å². The van der Waals surface area contributed by atoms with Gasteiger partial charge in [-0.1, -0.05) is 30.3 Å². The number of carbonyl (C=O) groups excluding carboxylic acids is 1. The van der Waals surface area contributed by atoms with E-state index < -0.39 is 10.9 Å². The highest BCUT2D eigenvalue weighted by Gasteiger charge is 2.23. The second-order valence-corrected chi connectivity index (χ2v) is 6.62. The number of nitro groups is 1. The van der Waals surface area contributed by atoms with Crippen LogP contribution in [0.15, 0.2) is 42.5 Å². The van der Waals surface area contributed by atoms with E-state index in [1.54, 1.807) is 13.0 Å². The van der Waals surface area contributed by atoms with Crippen molar-refractivity contribution in [2.45, 2.75) is 20.1 Å². The largest absolute Gasteiger partial charge is 0.467 e. The lowest BCUT2D eigenvalue weighted by molar-refractivity contribution is -0.385. The summed E-state index contributed by atoms with van der Waals surface area (Å²) in [5.74, 6) is 0.107. The van der Waals surface area contributed by atoms with E-state index in [4.69, 9.17) is 14.2 Å². The molecule has 4 rings (SSSR count). The number of nitro benzene ring substituents is 1. The molecule has 0 amide bonds. The number of benzene rings is 2. The first-order valence-corrected chi connectivity index (χ1v) is 9.23. The Bertz CT molecular complexity index is 1160. The Hall–Kier alpha value is -4.12. The van der Waals surface area contributed by atoms with Gasteiger partial charge in [0, 0.05) is 23.3 Å². The zero-order valence-electron chi connectivity index (χ0n) is 16.4. The maximum absolute atomic E-state index is 13.0. The molecule has 1 aliphatic heterocycles. The first kappa shape index (κ1) is 20.2. The van der Waals surface area contributed by atoms with Gasteiger partial charge in [-0.05, 0) is 29.0 Å². The zero-order chi connectivity index (χ0) is 21.8. The second-order valence-electron chi connectivity index (χ2n) is 6.62. The number of fused-ring (bicyclic) bond motifs is 1. The molecule has 0 fully saturated rings. The van der Waals surface area contributed by atoms with Crippen molar-refractivity contribution in [2.24, 2.45) is 0 Å². The van der Waals surface area contributed by atoms with E-state index in [0.29, 0.717) is 22.7 Å². The van der Waals surface area contributed by atoms with Crippen LogP contribution in [0.5, 0.6) is 5.75 Å². The van der Waals surface area contributed by atoms with Gasteiger partial charge in [0.05, 0.1) is 11.5 Å². The van der Waals surface area contributed by atoms with E-state index in [-0.39, 0.29) is 31.4 Å². The van der Waals surface area contributed by atoms with Gasteiger partial charge < -0.3 is 14.2 Å². The number of aryl methyl sites for hydroxylation is 1. The molecule has 2 aromatic carbocycles. The van der Waals surface area contributed by atoms with Crippen LogP contribution in [0, 0.1) is 17.0 Å². The van der Waals surface area contributed by atoms with Gasteiger partial charge in [-0.3, -0.25) is 10.1 Å². The van der Waals surface area contributed by atoms with Gasteiger partial charge in [-0.15, -0.1) is 5.10 Å². The third kappa shape index (κ3) is 4.41. The van der Waals surface area contributed by atoms with E-state index in [9.17, 15) is 14.9 Å². The molecule has 2 heterocycles. The van der Waals surface area contributed by atoms with Crippen molar-refractivity contribution in [1.82, 2.24) is 20.2 Å². The summed E-state index contributed by atoms with van der Waals surface area (Å²) in [5, 5.41) is 22.5. The molecule has 0 unspecified atom stereocenters. The van der Waals surface area contributed by atoms with E-state index in [0.717, 1.165) is 5.56 Å². The summed E-state index contributed by atoms with van der Waals surface area (Å²) < 4.78 is 17.4. The fraction of sp³-hybridized carbons (Fsp3) is 0.200. The van der Waals surface area contributed by atoms with Crippen LogP contribution in [0.3, 0.4) is 0 Å². The summed E-state index contributed by atoms with van der Waals surface area (Å²) in [6.07, 6.45) is 1.60. The Morgan fingerprint density at radius 3 is 2.84 bits per heavy atom. The molecule has 0 bridgehead atoms. The third-order valence-corrected chi connectivity index (χ3v) is 4.51. The molecule has 1 aromatic heterocycles. The van der Waals surface area contributed by atoms with E-state index in [1.807, 2.05) is 30.3 Å². The number of esters is 1. The van der Waals surface area contributed by atoms with E-state index >= 15 is 0 Å². The molecule has 3 aromatic rings. The van der Waals surface area contributed by atoms with Gasteiger partial charge in [0.25, 0.3) is 5.69 Å². The Kier molecular flexibility index (Phi) is 5.67. The van der Waals surface area contributed by atoms with Crippen molar-refractivity contribution >= 4 is 23.4 Å². The van der Waals surface area contributed by atoms with Crippen molar-refractivity contribution in [2.75, 3.05) is 6.79 Å². The average Bonchev–Trinajstić information content (AvgIpc) is 3.21. The Balaban J connectivity index is 1.63. The normalized spacial score (nSPS) is 13.3. The number of hydrogen-bond donors (Lipinski definition) is 0. The molecule has 31 heavy (non-hydrogen) atoms. The molecule has 0 saturated heterocycles. The van der Waals surface area contributed by atoms with E-state index in [2.05, 4.69) is 15.5 Å². The molecule has 0 radical (unpaired) electrons. The minimum Gasteiger partial charge on any atom is -0.467 e. The summed E-state index contributed by atoms with van der Waals surface area (Å²) in [5.41, 5.74) is 1.58. The minimum absolute atomic E-state index is 0.00867. The molecule has 11 nitrogen and oxygen atoms in total. The molecular weight excluding hydrogens is 406 g/mol. The second kappa shape index (κ2) is 8.71. The summed E-state index contributed by atoms with van der Waals surface area (Å²) >= 11 is 0. The predicted octanol–water partition coefficient (Wildman–Crippen LogP) is 2.50. The number of non-ortho nitro benzene ring substituents is 1. The molecule has 158 valence electrons. The van der Waals surface area contributed by atoms with Crippen molar-refractivity contribution in [3.05, 3.63) is 75.1 Å². The highest BCUT2D eigenvalue weighted by Crippen LogP contribution is 2.33. The van der Waals surface area contributed by atoms with Crippen LogP contribution in [-0.4, -0.2) is 37.9 Å². The summed E-state index contributed by atoms with van der Waals surface area (Å²) in [6, 6.07) is 11.8. The number of rotatable bonds is 6. The van der Waals surface area contributed by atoms with Crippen molar-refractivity contribution < 1.29 is 23.9 Å². The van der Waals surface area contributed by atoms with Crippen LogP contribution in [0.4, 0.5) is 5.69 Å². The maximum atomic E-state index is 13.0. The van der Waals surface area contributed by atoms with Gasteiger partial charge in [-0.25, -0.2) is 4.79 Å². The van der Waals surface area contributed by atoms with Crippen LogP contribution in [-0.2, 0) is 27.5 Å². The first-order valence-electron chi connectivity index (χ1n) is 9.23. The third-order valence-electron chi connectivity index (χ3n) is 4.51. The number of carbonyl (C=O) groups is 1. The molecule has 0 atom stereocenters. The molecule has 0 spiro atoms. The molecule has 11 heteroatoms. The van der Waals surface area contributed by atoms with Crippen LogP contribution >= 0.6 is 0 Å². The predicted molar refractivity (Wildman–Crippen MR) is 106 cm³/mol. The lowest BCUT2D eigenvalue weighted by Gasteiger charge is -2.20. The molecule has 0 aliphatic carbocycles. The van der Waals surface area contributed by atoms with Gasteiger partial charge >= 0.3 is 5.97 Å². The molecular formula is C20H17N5O6. The molecule has 0 N–H and O–H groups in total. The highest BCUT2D eigenvalue weighted by atomic mass is 16.7. The van der Waals surface area contributed by atoms with Crippen LogP contribution in [0.1, 0.15) is 22.5 Å². The van der Waals surface area contributed by atoms with E-state index in [1.165, 1.54) is 16.8 Å². The monoisotopic (exact) mass is 423 g/mol. The maximum Gasteiger partial charge on any atom is 0.357 e. The topological polar surface area (TPSA) is 132 Å². The Morgan fingerprint density at radius 2 is 2.13 bits per heavy atom. The number of ether oxygens (including phenoxy) is 3. The zero-order valence-corrected chi connectivity index (χ0v) is 16.4.